The molecular weight excluding hydrogens is 296 g/mol. The Morgan fingerprint density at radius 3 is 2.73 bits per heavy atom. The van der Waals surface area contributed by atoms with E-state index in [0.717, 1.165) is 33.6 Å². The highest BCUT2D eigenvalue weighted by Crippen LogP contribution is 2.23. The number of nitrogens with one attached hydrogen (secondary N) is 1. The van der Waals surface area contributed by atoms with Crippen LogP contribution in [0.15, 0.2) is 47.9 Å². The van der Waals surface area contributed by atoms with Gasteiger partial charge in [0.25, 0.3) is 0 Å². The summed E-state index contributed by atoms with van der Waals surface area (Å²) >= 11 is 1.59. The van der Waals surface area contributed by atoms with Crippen molar-refractivity contribution >= 4 is 11.8 Å². The highest BCUT2D eigenvalue weighted by Gasteiger charge is 2.07. The number of hydrogen-bond donors (Lipinski definition) is 1. The number of methoxy groups -OCH3 is 1. The maximum atomic E-state index is 5.15. The van der Waals surface area contributed by atoms with Gasteiger partial charge in [-0.15, -0.1) is 5.10 Å². The molecule has 0 unspecified atom stereocenters. The van der Waals surface area contributed by atoms with Gasteiger partial charge in [0.15, 0.2) is 5.82 Å². The molecule has 0 bridgehead atoms. The quantitative estimate of drug-likeness (QED) is 0.731. The highest BCUT2D eigenvalue weighted by atomic mass is 32.2. The molecule has 2 aromatic heterocycles. The van der Waals surface area contributed by atoms with Crippen LogP contribution in [0.5, 0.6) is 5.75 Å². The Balaban J connectivity index is 1.68. The zero-order chi connectivity index (χ0) is 15.4. The molecule has 6 heteroatoms. The third-order valence-corrected chi connectivity index (χ3v) is 4.05. The molecule has 3 rings (SSSR count). The number of ether oxygens (including phenoxy) is 1. The minimum absolute atomic E-state index is 0.729. The van der Waals surface area contributed by atoms with Crippen molar-refractivity contribution in [3.05, 3.63) is 53.9 Å². The van der Waals surface area contributed by atoms with Crippen LogP contribution in [0.25, 0.3) is 11.4 Å². The average Bonchev–Trinajstić information content (AvgIpc) is 3.02. The molecule has 0 aliphatic rings. The molecule has 0 saturated heterocycles. The van der Waals surface area contributed by atoms with E-state index in [2.05, 4.69) is 26.2 Å². The number of hydrogen-bond acceptors (Lipinski definition) is 5. The molecular formula is C16H16N4OS. The summed E-state index contributed by atoms with van der Waals surface area (Å²) < 4.78 is 5.15. The number of benzene rings is 1. The summed E-state index contributed by atoms with van der Waals surface area (Å²) in [4.78, 5) is 8.70. The Kier molecular flexibility index (Phi) is 4.39. The summed E-state index contributed by atoms with van der Waals surface area (Å²) in [7, 11) is 1.65. The molecule has 0 aliphatic carbocycles. The smallest absolute Gasteiger partial charge is 0.209 e. The lowest BCUT2D eigenvalue weighted by Crippen LogP contribution is -1.86. The largest absolute Gasteiger partial charge is 0.497 e. The summed E-state index contributed by atoms with van der Waals surface area (Å²) in [6.45, 7) is 2.04. The van der Waals surface area contributed by atoms with Crippen molar-refractivity contribution in [1.29, 1.82) is 0 Å². The van der Waals surface area contributed by atoms with E-state index in [1.165, 1.54) is 5.56 Å². The maximum absolute atomic E-state index is 5.15. The van der Waals surface area contributed by atoms with Gasteiger partial charge in [0, 0.05) is 23.7 Å². The van der Waals surface area contributed by atoms with Crippen LogP contribution < -0.4 is 4.74 Å². The second kappa shape index (κ2) is 6.62. The second-order valence-electron chi connectivity index (χ2n) is 4.85. The Hall–Kier alpha value is -2.34. The molecule has 0 spiro atoms. The molecule has 3 aromatic rings. The van der Waals surface area contributed by atoms with Crippen LogP contribution in [-0.2, 0) is 5.75 Å². The van der Waals surface area contributed by atoms with Crippen molar-refractivity contribution in [3.63, 3.8) is 0 Å². The van der Waals surface area contributed by atoms with E-state index in [-0.39, 0.29) is 0 Å². The molecule has 0 fully saturated rings. The van der Waals surface area contributed by atoms with E-state index < -0.39 is 0 Å². The molecule has 1 aromatic carbocycles. The topological polar surface area (TPSA) is 63.7 Å². The van der Waals surface area contributed by atoms with E-state index in [9.17, 15) is 0 Å². The van der Waals surface area contributed by atoms with Gasteiger partial charge >= 0.3 is 0 Å². The van der Waals surface area contributed by atoms with Crippen molar-refractivity contribution in [2.45, 2.75) is 17.8 Å². The van der Waals surface area contributed by atoms with Gasteiger partial charge in [-0.2, -0.15) is 0 Å². The van der Waals surface area contributed by atoms with Gasteiger partial charge < -0.3 is 4.74 Å². The normalized spacial score (nSPS) is 10.6. The first kappa shape index (κ1) is 14.6. The number of thioether (sulfide) groups is 1. The Morgan fingerprint density at radius 2 is 2.00 bits per heavy atom. The van der Waals surface area contributed by atoms with Gasteiger partial charge in [0.1, 0.15) is 5.75 Å². The molecule has 0 amide bonds. The van der Waals surface area contributed by atoms with Crippen LogP contribution in [0.2, 0.25) is 0 Å². The summed E-state index contributed by atoms with van der Waals surface area (Å²) in [5, 5.41) is 7.95. The fourth-order valence-electron chi connectivity index (χ4n) is 2.03. The lowest BCUT2D eigenvalue weighted by atomic mass is 10.2. The number of rotatable bonds is 5. The first-order chi connectivity index (χ1) is 10.7. The molecule has 2 heterocycles. The number of pyridine rings is 1. The molecule has 0 saturated carbocycles. The summed E-state index contributed by atoms with van der Waals surface area (Å²) in [6.07, 6.45) is 3.72. The fourth-order valence-corrected chi connectivity index (χ4v) is 2.75. The van der Waals surface area contributed by atoms with Crippen LogP contribution in [0.4, 0.5) is 0 Å². The number of aromatic nitrogens is 4. The molecule has 112 valence electrons. The molecule has 0 aliphatic heterocycles. The van der Waals surface area contributed by atoms with Crippen LogP contribution in [0.1, 0.15) is 11.1 Å². The number of aryl methyl sites for hydroxylation is 1. The van der Waals surface area contributed by atoms with Gasteiger partial charge in [0.05, 0.1) is 7.11 Å². The van der Waals surface area contributed by atoms with Crippen molar-refractivity contribution in [3.8, 4) is 17.1 Å². The highest BCUT2D eigenvalue weighted by molar-refractivity contribution is 7.98. The van der Waals surface area contributed by atoms with Gasteiger partial charge in [-0.25, -0.2) is 4.98 Å². The SMILES string of the molecule is COc1ccc(-c2nc(SCc3cncc(C)c3)n[nH]2)cc1. The third-order valence-electron chi connectivity index (χ3n) is 3.13. The standard InChI is InChI=1S/C16H16N4OS/c1-11-7-12(9-17-8-11)10-22-16-18-15(19-20-16)13-3-5-14(21-2)6-4-13/h3-9H,10H2,1-2H3,(H,18,19,20). The van der Waals surface area contributed by atoms with E-state index in [0.29, 0.717) is 0 Å². The van der Waals surface area contributed by atoms with Gasteiger partial charge in [-0.05, 0) is 42.3 Å². The summed E-state index contributed by atoms with van der Waals surface area (Å²) in [6, 6.07) is 9.85. The lowest BCUT2D eigenvalue weighted by Gasteiger charge is -2.00. The number of nitrogens with zero attached hydrogens (tertiary/aromatic N) is 3. The Labute approximate surface area is 133 Å². The number of aromatic amines is 1. The van der Waals surface area contributed by atoms with E-state index in [4.69, 9.17) is 4.74 Å². The molecule has 22 heavy (non-hydrogen) atoms. The van der Waals surface area contributed by atoms with E-state index in [1.807, 2.05) is 43.6 Å². The first-order valence-corrected chi connectivity index (χ1v) is 7.83. The lowest BCUT2D eigenvalue weighted by molar-refractivity contribution is 0.415. The summed E-state index contributed by atoms with van der Waals surface area (Å²) in [5.41, 5.74) is 3.31. The zero-order valence-corrected chi connectivity index (χ0v) is 13.2. The average molecular weight is 312 g/mol. The first-order valence-electron chi connectivity index (χ1n) is 6.85. The monoisotopic (exact) mass is 312 g/mol. The van der Waals surface area contributed by atoms with Crippen LogP contribution in [0, 0.1) is 6.92 Å². The Bertz CT molecular complexity index is 755. The van der Waals surface area contributed by atoms with Crippen LogP contribution in [-0.4, -0.2) is 27.3 Å². The minimum Gasteiger partial charge on any atom is -0.497 e. The predicted octanol–water partition coefficient (Wildman–Crippen LogP) is 3.48. The van der Waals surface area contributed by atoms with Gasteiger partial charge in [-0.3, -0.25) is 10.1 Å². The number of H-pyrrole nitrogens is 1. The third kappa shape index (κ3) is 3.46. The van der Waals surface area contributed by atoms with Crippen molar-refractivity contribution in [1.82, 2.24) is 20.2 Å². The minimum atomic E-state index is 0.729. The molecule has 0 atom stereocenters. The molecule has 1 N–H and O–H groups in total. The molecule has 5 nitrogen and oxygen atoms in total. The second-order valence-corrected chi connectivity index (χ2v) is 5.80. The summed E-state index contributed by atoms with van der Waals surface area (Å²) in [5.74, 6) is 2.38. The molecule has 0 radical (unpaired) electrons. The van der Waals surface area contributed by atoms with E-state index >= 15 is 0 Å². The Morgan fingerprint density at radius 1 is 1.18 bits per heavy atom. The van der Waals surface area contributed by atoms with Crippen LogP contribution >= 0.6 is 11.8 Å². The van der Waals surface area contributed by atoms with Gasteiger partial charge in [-0.1, -0.05) is 17.8 Å². The fraction of sp³-hybridized carbons (Fsp3) is 0.188. The van der Waals surface area contributed by atoms with Crippen molar-refractivity contribution in [2.75, 3.05) is 7.11 Å². The zero-order valence-electron chi connectivity index (χ0n) is 12.4. The van der Waals surface area contributed by atoms with E-state index in [1.54, 1.807) is 18.9 Å². The van der Waals surface area contributed by atoms with Crippen molar-refractivity contribution in [2.24, 2.45) is 0 Å². The maximum Gasteiger partial charge on any atom is 0.209 e. The van der Waals surface area contributed by atoms with Crippen molar-refractivity contribution < 1.29 is 4.74 Å². The van der Waals surface area contributed by atoms with Gasteiger partial charge in [0.2, 0.25) is 5.16 Å². The van der Waals surface area contributed by atoms with Crippen LogP contribution in [0.3, 0.4) is 0 Å². The predicted molar refractivity (Wildman–Crippen MR) is 86.9 cm³/mol.